The highest BCUT2D eigenvalue weighted by molar-refractivity contribution is 7.92. The van der Waals surface area contributed by atoms with Gasteiger partial charge in [0.2, 0.25) is 0 Å². The van der Waals surface area contributed by atoms with Crippen molar-refractivity contribution < 1.29 is 42.1 Å². The van der Waals surface area contributed by atoms with E-state index >= 15 is 0 Å². The lowest BCUT2D eigenvalue weighted by atomic mass is 10.0. The van der Waals surface area contributed by atoms with E-state index < -0.39 is 51.0 Å². The molecule has 2 atom stereocenters. The summed E-state index contributed by atoms with van der Waals surface area (Å²) in [4.78, 5) is 54.1. The number of hydrogen-bond acceptors (Lipinski definition) is 10. The first-order valence-corrected chi connectivity index (χ1v) is 18.7. The molecule has 1 aromatic heterocycles. The van der Waals surface area contributed by atoms with Crippen molar-refractivity contribution in [3.05, 3.63) is 100.0 Å². The first-order valence-electron chi connectivity index (χ1n) is 17.1. The van der Waals surface area contributed by atoms with Crippen LogP contribution in [-0.4, -0.2) is 72.7 Å². The van der Waals surface area contributed by atoms with E-state index in [0.29, 0.717) is 47.2 Å². The number of aliphatic carboxylic acids is 1. The summed E-state index contributed by atoms with van der Waals surface area (Å²) in [6, 6.07) is 16.7. The third-order valence-electron chi connectivity index (χ3n) is 8.40. The van der Waals surface area contributed by atoms with Gasteiger partial charge >= 0.3 is 18.2 Å². The fourth-order valence-corrected chi connectivity index (χ4v) is 7.52. The van der Waals surface area contributed by atoms with Gasteiger partial charge in [0, 0.05) is 36.6 Å². The maximum atomic E-state index is 13.2. The molecule has 1 aliphatic carbocycles. The Morgan fingerprint density at radius 1 is 0.981 bits per heavy atom. The van der Waals surface area contributed by atoms with E-state index in [1.807, 2.05) is 0 Å². The zero-order valence-corrected chi connectivity index (χ0v) is 31.0. The molecule has 1 fully saturated rings. The van der Waals surface area contributed by atoms with Gasteiger partial charge in [-0.2, -0.15) is 0 Å². The number of anilines is 2. The minimum absolute atomic E-state index is 0.0799. The highest BCUT2D eigenvalue weighted by atomic mass is 32.2. The minimum atomic E-state index is -3.63. The number of aromatic amines is 1. The lowest BCUT2D eigenvalue weighted by Gasteiger charge is -2.25. The smallest absolute Gasteiger partial charge is 0.411 e. The third kappa shape index (κ3) is 9.93. The normalized spacial score (nSPS) is 14.2. The van der Waals surface area contributed by atoms with Gasteiger partial charge in [-0.15, -0.1) is 0 Å². The van der Waals surface area contributed by atoms with Gasteiger partial charge in [0.05, 0.1) is 16.7 Å². The van der Waals surface area contributed by atoms with Gasteiger partial charge in [-0.3, -0.25) is 10.1 Å². The van der Waals surface area contributed by atoms with Crippen LogP contribution in [0.5, 0.6) is 0 Å². The van der Waals surface area contributed by atoms with Crippen LogP contribution in [0.25, 0.3) is 10.8 Å². The highest BCUT2D eigenvalue weighted by Gasteiger charge is 2.38. The second-order valence-corrected chi connectivity index (χ2v) is 16.0. The Morgan fingerprint density at radius 2 is 1.66 bits per heavy atom. The number of nitrogens with one attached hydrogen (secondary N) is 3. The Balaban J connectivity index is 1.26. The largest absolute Gasteiger partial charge is 0.479 e. The van der Waals surface area contributed by atoms with E-state index in [0.717, 1.165) is 5.39 Å². The van der Waals surface area contributed by atoms with Crippen LogP contribution < -0.4 is 16.2 Å². The molecule has 1 saturated carbocycles. The molecular weight excluding hydrogens is 705 g/mol. The number of carboxylic acid groups (broad SMARTS) is 1. The number of ether oxygens (including phenoxy) is 3. The first-order chi connectivity index (χ1) is 25.0. The molecule has 4 N–H and O–H groups in total. The van der Waals surface area contributed by atoms with Gasteiger partial charge in [-0.05, 0) is 99.0 Å². The van der Waals surface area contributed by atoms with Gasteiger partial charge < -0.3 is 34.5 Å². The number of hydrogen-bond donors (Lipinski definition) is 4. The number of aromatic nitrogens is 1. The number of nitrogens with zero attached hydrogens (tertiary/aromatic N) is 1. The summed E-state index contributed by atoms with van der Waals surface area (Å²) < 4.78 is 43.2. The molecule has 15 heteroatoms. The third-order valence-corrected chi connectivity index (χ3v) is 10.8. The van der Waals surface area contributed by atoms with Crippen molar-refractivity contribution in [3.8, 4) is 0 Å². The molecule has 53 heavy (non-hydrogen) atoms. The van der Waals surface area contributed by atoms with Gasteiger partial charge in [-0.25, -0.2) is 22.8 Å². The predicted molar refractivity (Wildman–Crippen MR) is 199 cm³/mol. The molecule has 3 aromatic carbocycles. The fraction of sp³-hybridized carbons (Fsp3) is 0.368. The molecule has 1 aliphatic rings. The monoisotopic (exact) mass is 748 g/mol. The molecule has 4 aromatic rings. The number of rotatable bonds is 14. The molecule has 1 heterocycles. The van der Waals surface area contributed by atoms with Crippen molar-refractivity contribution in [2.45, 2.75) is 75.0 Å². The van der Waals surface area contributed by atoms with Crippen LogP contribution in [-0.2, 0) is 35.4 Å². The van der Waals surface area contributed by atoms with E-state index in [-0.39, 0.29) is 29.3 Å². The molecule has 0 bridgehead atoms. The van der Waals surface area contributed by atoms with Crippen LogP contribution in [0, 0.1) is 0 Å². The Hall–Kier alpha value is -5.41. The van der Waals surface area contributed by atoms with Crippen LogP contribution in [0.4, 0.5) is 21.0 Å². The maximum absolute atomic E-state index is 13.2. The maximum Gasteiger partial charge on any atom is 0.411 e. The van der Waals surface area contributed by atoms with Crippen molar-refractivity contribution in [1.29, 1.82) is 0 Å². The quantitative estimate of drug-likeness (QED) is 0.112. The predicted octanol–water partition coefficient (Wildman–Crippen LogP) is 6.40. The Morgan fingerprint density at radius 3 is 2.30 bits per heavy atom. The van der Waals surface area contributed by atoms with Crippen LogP contribution >= 0.6 is 0 Å². The zero-order chi connectivity index (χ0) is 38.5. The highest BCUT2D eigenvalue weighted by Crippen LogP contribution is 2.36. The van der Waals surface area contributed by atoms with Crippen LogP contribution in [0.2, 0.25) is 0 Å². The second kappa shape index (κ2) is 16.1. The molecule has 0 aliphatic heterocycles. The molecule has 0 saturated heterocycles. The number of benzene rings is 3. The summed E-state index contributed by atoms with van der Waals surface area (Å²) >= 11 is 0. The average molecular weight is 749 g/mol. The van der Waals surface area contributed by atoms with Crippen molar-refractivity contribution >= 4 is 50.1 Å². The number of sulfone groups is 1. The summed E-state index contributed by atoms with van der Waals surface area (Å²) in [6.07, 6.45) is 0.532. The molecule has 5 rings (SSSR count). The number of carbonyl (C=O) groups excluding carboxylic acids is 2. The lowest BCUT2D eigenvalue weighted by Crippen LogP contribution is -2.34. The standard InChI is InChI=1S/C38H44N4O10S/c1-6-50-31(24-7-9-25(10-8-24)33(35(44)45)40-28-12-11-23-17-18-39-34(43)30(23)20-28)22-51-36(46)41-27-13-16-32(53(48,49)29-14-15-29)26(19-27)21-42(5)37(47)52-38(2,3)4/h7-13,16-20,29,31,33,40H,6,14-15,21-22H2,1-5H3,(H,39,43)(H,41,46)(H,44,45)/t31-,33?/m0/s1. The van der Waals surface area contributed by atoms with Crippen LogP contribution in [0.3, 0.4) is 0 Å². The zero-order valence-electron chi connectivity index (χ0n) is 30.2. The number of H-pyrrole nitrogens is 1. The Kier molecular flexibility index (Phi) is 11.8. The number of pyridine rings is 1. The summed E-state index contributed by atoms with van der Waals surface area (Å²) in [7, 11) is -2.13. The van der Waals surface area contributed by atoms with E-state index in [1.165, 1.54) is 30.1 Å². The number of carboxylic acids is 1. The number of fused-ring (bicyclic) bond motifs is 1. The fourth-order valence-electron chi connectivity index (χ4n) is 5.65. The van der Waals surface area contributed by atoms with E-state index in [1.54, 1.807) is 82.4 Å². The molecule has 0 radical (unpaired) electrons. The topological polar surface area (TPSA) is 193 Å². The minimum Gasteiger partial charge on any atom is -0.479 e. The molecule has 282 valence electrons. The van der Waals surface area contributed by atoms with Gasteiger partial charge in [0.15, 0.2) is 15.9 Å². The van der Waals surface area contributed by atoms with Crippen molar-refractivity contribution in [1.82, 2.24) is 9.88 Å². The van der Waals surface area contributed by atoms with E-state index in [9.17, 15) is 32.7 Å². The summed E-state index contributed by atoms with van der Waals surface area (Å²) in [6.45, 7) is 7.01. The second-order valence-electron chi connectivity index (χ2n) is 13.8. The van der Waals surface area contributed by atoms with Crippen molar-refractivity contribution in [3.63, 3.8) is 0 Å². The van der Waals surface area contributed by atoms with Crippen molar-refractivity contribution in [2.75, 3.05) is 30.9 Å². The average Bonchev–Trinajstić information content (AvgIpc) is 3.96. The Labute approximate surface area is 307 Å². The van der Waals surface area contributed by atoms with E-state index in [2.05, 4.69) is 15.6 Å². The molecule has 0 spiro atoms. The van der Waals surface area contributed by atoms with Gasteiger partial charge in [0.25, 0.3) is 5.56 Å². The van der Waals surface area contributed by atoms with Crippen LogP contribution in [0.1, 0.15) is 69.4 Å². The number of amides is 2. The summed E-state index contributed by atoms with van der Waals surface area (Å²) in [5, 5.41) is 16.3. The van der Waals surface area contributed by atoms with Crippen molar-refractivity contribution in [2.24, 2.45) is 0 Å². The van der Waals surface area contributed by atoms with Gasteiger partial charge in [0.1, 0.15) is 18.3 Å². The molecule has 2 amide bonds. The Bertz CT molecular complexity index is 2140. The summed E-state index contributed by atoms with van der Waals surface area (Å²) in [5.41, 5.74) is 1.08. The molecule has 1 unspecified atom stereocenters. The molecular formula is C38H44N4O10S. The van der Waals surface area contributed by atoms with E-state index in [4.69, 9.17) is 14.2 Å². The SMILES string of the molecule is CCO[C@@H](COC(=O)Nc1ccc(S(=O)(=O)C2CC2)c(CN(C)C(=O)OC(C)(C)C)c1)c1ccc(C(Nc2ccc3cc[nH]c(=O)c3c2)C(=O)O)cc1. The van der Waals surface area contributed by atoms with Gasteiger partial charge in [-0.1, -0.05) is 30.3 Å². The van der Waals surface area contributed by atoms with Crippen LogP contribution in [0.15, 0.2) is 82.6 Å². The number of carbonyl (C=O) groups is 3. The first kappa shape index (κ1) is 38.8. The summed E-state index contributed by atoms with van der Waals surface area (Å²) in [5.74, 6) is -1.13. The molecule has 14 nitrogen and oxygen atoms in total. The lowest BCUT2D eigenvalue weighted by molar-refractivity contribution is -0.138.